The maximum Gasteiger partial charge on any atom is 0.354 e. The summed E-state index contributed by atoms with van der Waals surface area (Å²) in [5.41, 5.74) is 0.855. The van der Waals surface area contributed by atoms with E-state index in [4.69, 9.17) is 17.3 Å². The number of likely N-dealkylation sites (N-methyl/N-ethyl adjacent to an activating group) is 1. The summed E-state index contributed by atoms with van der Waals surface area (Å²) in [6, 6.07) is 0. The highest BCUT2D eigenvalue weighted by molar-refractivity contribution is 7.71. The third-order valence-electron chi connectivity index (χ3n) is 2.14. The van der Waals surface area contributed by atoms with Crippen LogP contribution in [0, 0.1) is 11.7 Å². The van der Waals surface area contributed by atoms with Crippen molar-refractivity contribution in [3.63, 3.8) is 0 Å². The number of aryl methyl sites for hydroxylation is 1. The van der Waals surface area contributed by atoms with E-state index in [0.717, 1.165) is 6.54 Å². The minimum Gasteiger partial charge on any atom is -0.477 e. The smallest absolute Gasteiger partial charge is 0.354 e. The molecule has 6 heteroatoms. The molecule has 0 aliphatic heterocycles. The number of imidazole rings is 1. The lowest BCUT2D eigenvalue weighted by atomic mass is 10.3. The van der Waals surface area contributed by atoms with Crippen LogP contribution in [-0.4, -0.2) is 46.2 Å². The Labute approximate surface area is 93.3 Å². The molecule has 1 rings (SSSR count). The van der Waals surface area contributed by atoms with Crippen molar-refractivity contribution in [3.8, 4) is 0 Å². The van der Waals surface area contributed by atoms with E-state index in [1.54, 1.807) is 11.5 Å². The van der Waals surface area contributed by atoms with Crippen LogP contribution < -0.4 is 0 Å². The summed E-state index contributed by atoms with van der Waals surface area (Å²) >= 11 is 5.06. The van der Waals surface area contributed by atoms with Crippen molar-refractivity contribution < 1.29 is 9.90 Å². The summed E-state index contributed by atoms with van der Waals surface area (Å²) < 4.78 is 2.08. The Morgan fingerprint density at radius 2 is 2.20 bits per heavy atom. The van der Waals surface area contributed by atoms with Crippen LogP contribution in [0.3, 0.4) is 0 Å². The van der Waals surface area contributed by atoms with Gasteiger partial charge in [0.05, 0.1) is 0 Å². The van der Waals surface area contributed by atoms with Crippen molar-refractivity contribution in [1.29, 1.82) is 0 Å². The van der Waals surface area contributed by atoms with E-state index in [1.165, 1.54) is 0 Å². The molecule has 5 nitrogen and oxygen atoms in total. The average Bonchev–Trinajstić information content (AvgIpc) is 2.37. The van der Waals surface area contributed by atoms with Crippen molar-refractivity contribution in [2.45, 2.75) is 13.5 Å². The molecule has 1 aromatic heterocycles. The summed E-state index contributed by atoms with van der Waals surface area (Å²) in [4.78, 5) is 15.8. The Morgan fingerprint density at radius 1 is 1.60 bits per heavy atom. The summed E-state index contributed by atoms with van der Waals surface area (Å²) in [6.45, 7) is 3.05. The number of hydrogen-bond acceptors (Lipinski definition) is 3. The Balaban J connectivity index is 3.05. The van der Waals surface area contributed by atoms with Gasteiger partial charge in [-0.1, -0.05) is 0 Å². The zero-order chi connectivity index (χ0) is 11.6. The van der Waals surface area contributed by atoms with E-state index in [9.17, 15) is 4.79 Å². The fourth-order valence-corrected chi connectivity index (χ4v) is 1.72. The van der Waals surface area contributed by atoms with E-state index < -0.39 is 5.97 Å². The second-order valence-corrected chi connectivity index (χ2v) is 4.05. The third kappa shape index (κ3) is 2.66. The Morgan fingerprint density at radius 3 is 2.67 bits per heavy atom. The minimum absolute atomic E-state index is 0.252. The van der Waals surface area contributed by atoms with E-state index in [2.05, 4.69) is 4.98 Å². The Kier molecular flexibility index (Phi) is 3.65. The molecule has 0 unspecified atom stereocenters. The highest BCUT2D eigenvalue weighted by Crippen LogP contribution is 2.08. The van der Waals surface area contributed by atoms with Gasteiger partial charge in [-0.15, -0.1) is 0 Å². The molecule has 0 saturated heterocycles. The molecule has 0 amide bonds. The van der Waals surface area contributed by atoms with Crippen molar-refractivity contribution in [1.82, 2.24) is 14.5 Å². The molecule has 0 fully saturated rings. The van der Waals surface area contributed by atoms with Gasteiger partial charge in [0, 0.05) is 18.8 Å². The molecular formula is C9H15N3O2S. The topological polar surface area (TPSA) is 61.3 Å². The van der Waals surface area contributed by atoms with Crippen LogP contribution in [0.15, 0.2) is 0 Å². The van der Waals surface area contributed by atoms with Gasteiger partial charge in [0.1, 0.15) is 5.69 Å². The number of nitrogens with zero attached hydrogens (tertiary/aromatic N) is 2. The van der Waals surface area contributed by atoms with Crippen molar-refractivity contribution in [3.05, 3.63) is 16.2 Å². The molecule has 1 heterocycles. The number of carboxylic acids is 1. The number of nitrogens with one attached hydrogen (secondary N) is 1. The molecule has 15 heavy (non-hydrogen) atoms. The fourth-order valence-electron chi connectivity index (χ4n) is 1.38. The molecule has 0 radical (unpaired) electrons. The van der Waals surface area contributed by atoms with E-state index in [0.29, 0.717) is 17.0 Å². The molecule has 0 aromatic carbocycles. The van der Waals surface area contributed by atoms with Crippen LogP contribution in [0.2, 0.25) is 0 Å². The van der Waals surface area contributed by atoms with E-state index in [-0.39, 0.29) is 5.69 Å². The zero-order valence-electron chi connectivity index (χ0n) is 9.07. The van der Waals surface area contributed by atoms with Crippen LogP contribution in [-0.2, 0) is 6.54 Å². The van der Waals surface area contributed by atoms with Gasteiger partial charge in [0.25, 0.3) is 0 Å². The average molecular weight is 229 g/mol. The van der Waals surface area contributed by atoms with Crippen LogP contribution in [0.4, 0.5) is 0 Å². The number of H-pyrrole nitrogens is 1. The van der Waals surface area contributed by atoms with Crippen molar-refractivity contribution in [2.24, 2.45) is 0 Å². The van der Waals surface area contributed by atoms with Gasteiger partial charge < -0.3 is 19.6 Å². The first-order valence-corrected chi connectivity index (χ1v) is 5.01. The number of rotatable bonds is 4. The maximum absolute atomic E-state index is 11.0. The third-order valence-corrected chi connectivity index (χ3v) is 2.46. The van der Waals surface area contributed by atoms with E-state index >= 15 is 0 Å². The first-order valence-electron chi connectivity index (χ1n) is 4.61. The summed E-state index contributed by atoms with van der Waals surface area (Å²) in [7, 11) is 3.87. The first kappa shape index (κ1) is 11.9. The molecule has 0 saturated carbocycles. The summed E-state index contributed by atoms with van der Waals surface area (Å²) in [5.74, 6) is -0.946. The van der Waals surface area contributed by atoms with Crippen LogP contribution in [0.5, 0.6) is 0 Å². The van der Waals surface area contributed by atoms with Gasteiger partial charge in [-0.25, -0.2) is 4.79 Å². The highest BCUT2D eigenvalue weighted by Gasteiger charge is 2.15. The first-order chi connectivity index (χ1) is 6.93. The van der Waals surface area contributed by atoms with Gasteiger partial charge in [0.2, 0.25) is 0 Å². The van der Waals surface area contributed by atoms with Crippen LogP contribution in [0.25, 0.3) is 0 Å². The molecular weight excluding hydrogens is 214 g/mol. The maximum atomic E-state index is 11.0. The van der Waals surface area contributed by atoms with E-state index in [1.807, 2.05) is 19.0 Å². The lowest BCUT2D eigenvalue weighted by molar-refractivity contribution is 0.0683. The molecule has 0 atom stereocenters. The Bertz CT molecular complexity index is 419. The molecule has 2 N–H and O–H groups in total. The summed E-state index contributed by atoms with van der Waals surface area (Å²) in [6.07, 6.45) is 0. The predicted molar refractivity (Wildman–Crippen MR) is 59.9 cm³/mol. The SMILES string of the molecule is Cc1[nH]c(=S)n(CCN(C)C)c1C(=O)O. The second kappa shape index (κ2) is 4.59. The molecule has 0 spiro atoms. The number of hydrogen-bond donors (Lipinski definition) is 2. The van der Waals surface area contributed by atoms with Gasteiger partial charge in [-0.2, -0.15) is 0 Å². The largest absolute Gasteiger partial charge is 0.477 e. The predicted octanol–water partition coefficient (Wildman–Crippen LogP) is 1.11. The number of aromatic amines is 1. The zero-order valence-corrected chi connectivity index (χ0v) is 9.89. The lowest BCUT2D eigenvalue weighted by Crippen LogP contribution is -2.21. The van der Waals surface area contributed by atoms with Gasteiger partial charge in [-0.05, 0) is 33.2 Å². The Hall–Kier alpha value is -1.14. The normalized spacial score (nSPS) is 10.9. The van der Waals surface area contributed by atoms with Crippen LogP contribution in [0.1, 0.15) is 16.2 Å². The number of carboxylic acid groups (broad SMARTS) is 1. The standard InChI is InChI=1S/C9H15N3O2S/c1-6-7(8(13)14)12(9(15)10-6)5-4-11(2)3/h4-5H2,1-3H3,(H,10,15)(H,13,14). The fraction of sp³-hybridized carbons (Fsp3) is 0.556. The molecule has 0 aliphatic carbocycles. The highest BCUT2D eigenvalue weighted by atomic mass is 32.1. The molecule has 0 aliphatic rings. The molecule has 84 valence electrons. The van der Waals surface area contributed by atoms with Gasteiger partial charge in [-0.3, -0.25) is 0 Å². The molecule has 0 bridgehead atoms. The van der Waals surface area contributed by atoms with Crippen molar-refractivity contribution in [2.75, 3.05) is 20.6 Å². The summed E-state index contributed by atoms with van der Waals surface area (Å²) in [5, 5.41) is 9.02. The van der Waals surface area contributed by atoms with Crippen molar-refractivity contribution >= 4 is 18.2 Å². The lowest BCUT2D eigenvalue weighted by Gasteiger charge is -2.11. The quantitative estimate of drug-likeness (QED) is 0.759. The monoisotopic (exact) mass is 229 g/mol. The number of aromatic carboxylic acids is 1. The van der Waals surface area contributed by atoms with Crippen LogP contribution >= 0.6 is 12.2 Å². The van der Waals surface area contributed by atoms with Gasteiger partial charge in [0.15, 0.2) is 4.77 Å². The second-order valence-electron chi connectivity index (χ2n) is 3.66. The minimum atomic E-state index is -0.946. The van der Waals surface area contributed by atoms with Gasteiger partial charge >= 0.3 is 5.97 Å². The molecule has 1 aromatic rings. The number of carbonyl (C=O) groups is 1. The number of aromatic nitrogens is 2.